The minimum Gasteiger partial charge on any atom is -0.478 e. The molecule has 6 rings (SSSR count). The molecule has 1 fully saturated rings. The number of likely N-dealkylation sites (N-methyl/N-ethyl adjacent to an activating group) is 2. The van der Waals surface area contributed by atoms with Crippen LogP contribution in [-0.2, 0) is 4.79 Å². The zero-order valence-corrected chi connectivity index (χ0v) is 23.9. The van der Waals surface area contributed by atoms with E-state index in [1.807, 2.05) is 67.7 Å². The summed E-state index contributed by atoms with van der Waals surface area (Å²) >= 11 is 0. The van der Waals surface area contributed by atoms with Gasteiger partial charge in [0.05, 0.1) is 34.6 Å². The maximum Gasteiger partial charge on any atom is 0.335 e. The third-order valence-corrected chi connectivity index (χ3v) is 8.19. The van der Waals surface area contributed by atoms with Gasteiger partial charge in [0.15, 0.2) is 0 Å². The number of carboxylic acids is 1. The summed E-state index contributed by atoms with van der Waals surface area (Å²) in [7, 11) is 3.76. The van der Waals surface area contributed by atoms with Crippen molar-refractivity contribution in [1.29, 1.82) is 0 Å². The fraction of sp³-hybridized carbons (Fsp3) is 0.242. The summed E-state index contributed by atoms with van der Waals surface area (Å²) in [4.78, 5) is 44.6. The first-order chi connectivity index (χ1) is 20.2. The molecule has 1 amide bonds. The summed E-state index contributed by atoms with van der Waals surface area (Å²) in [6, 6.07) is 20.5. The van der Waals surface area contributed by atoms with Gasteiger partial charge in [-0.2, -0.15) is 0 Å². The van der Waals surface area contributed by atoms with E-state index in [4.69, 9.17) is 0 Å². The summed E-state index contributed by atoms with van der Waals surface area (Å²) in [5.74, 6) is -1.22. The first kappa shape index (κ1) is 27.4. The second-order valence-corrected chi connectivity index (χ2v) is 11.0. The molecule has 0 unspecified atom stereocenters. The molecule has 9 nitrogen and oxygen atoms in total. The van der Waals surface area contributed by atoms with Crippen LogP contribution in [0.4, 0.5) is 11.4 Å². The van der Waals surface area contributed by atoms with Crippen molar-refractivity contribution < 1.29 is 19.5 Å². The highest BCUT2D eigenvalue weighted by Crippen LogP contribution is 2.43. The largest absolute Gasteiger partial charge is 0.478 e. The molecule has 0 spiro atoms. The van der Waals surface area contributed by atoms with E-state index < -0.39 is 5.97 Å². The number of anilines is 2. The SMILES string of the molecule is Cc1cc(C(=O)O)cc2c1C(=C(Nc1ccc3c(ccn3C(=O)CN3CCN(C)CC3)c1)c1ccccc1)C(=O)N2C. The summed E-state index contributed by atoms with van der Waals surface area (Å²) < 4.78 is 1.71. The van der Waals surface area contributed by atoms with Gasteiger partial charge in [0.1, 0.15) is 0 Å². The van der Waals surface area contributed by atoms with Gasteiger partial charge in [0.2, 0.25) is 5.91 Å². The molecule has 214 valence electrons. The van der Waals surface area contributed by atoms with Crippen LogP contribution in [0.2, 0.25) is 0 Å². The number of aromatic carboxylic acids is 1. The van der Waals surface area contributed by atoms with Crippen molar-refractivity contribution in [2.24, 2.45) is 0 Å². The van der Waals surface area contributed by atoms with Crippen molar-refractivity contribution >= 4 is 51.3 Å². The summed E-state index contributed by atoms with van der Waals surface area (Å²) in [6.07, 6.45) is 1.82. The minimum atomic E-state index is -1.04. The lowest BCUT2D eigenvalue weighted by Crippen LogP contribution is -2.46. The smallest absolute Gasteiger partial charge is 0.335 e. The fourth-order valence-electron chi connectivity index (χ4n) is 5.84. The number of carbonyl (C=O) groups is 3. The number of hydrogen-bond acceptors (Lipinski definition) is 6. The van der Waals surface area contributed by atoms with Gasteiger partial charge in [0.25, 0.3) is 5.91 Å². The monoisotopic (exact) mass is 563 g/mol. The number of benzene rings is 3. The van der Waals surface area contributed by atoms with E-state index in [2.05, 4.69) is 22.2 Å². The average Bonchev–Trinajstić information content (AvgIpc) is 3.52. The van der Waals surface area contributed by atoms with Gasteiger partial charge >= 0.3 is 5.97 Å². The molecule has 2 aliphatic heterocycles. The Balaban J connectivity index is 1.37. The van der Waals surface area contributed by atoms with Crippen LogP contribution in [0.3, 0.4) is 0 Å². The van der Waals surface area contributed by atoms with Gasteiger partial charge < -0.3 is 20.2 Å². The number of aromatic nitrogens is 1. The number of amides is 1. The van der Waals surface area contributed by atoms with Crippen LogP contribution in [0, 0.1) is 6.92 Å². The molecule has 1 aromatic heterocycles. The summed E-state index contributed by atoms with van der Waals surface area (Å²) in [5, 5.41) is 14.0. The van der Waals surface area contributed by atoms with Gasteiger partial charge in [-0.3, -0.25) is 19.1 Å². The standard InChI is InChI=1S/C33H33N5O4/c1-21-17-24(33(41)42)19-27-29(21)30(32(40)36(27)3)31(22-7-5-4-6-8-22)34-25-9-10-26-23(18-25)11-12-38(26)28(39)20-37-15-13-35(2)14-16-37/h4-12,17-19,34H,13-16,20H2,1-3H3,(H,41,42). The van der Waals surface area contributed by atoms with Crippen molar-refractivity contribution in [1.82, 2.24) is 14.4 Å². The molecule has 4 aromatic rings. The molecule has 0 atom stereocenters. The molecule has 2 N–H and O–H groups in total. The Hall–Kier alpha value is -4.73. The molecule has 1 saturated heterocycles. The Kier molecular flexibility index (Phi) is 7.14. The number of rotatable bonds is 6. The third kappa shape index (κ3) is 4.97. The number of carboxylic acid groups (broad SMARTS) is 1. The number of nitrogens with zero attached hydrogens (tertiary/aromatic N) is 4. The molecule has 0 saturated carbocycles. The highest BCUT2D eigenvalue weighted by molar-refractivity contribution is 6.38. The molecule has 9 heteroatoms. The fourth-order valence-corrected chi connectivity index (χ4v) is 5.84. The van der Waals surface area contributed by atoms with Crippen molar-refractivity contribution in [2.75, 3.05) is 57.0 Å². The van der Waals surface area contributed by atoms with E-state index in [1.165, 1.54) is 4.90 Å². The highest BCUT2D eigenvalue weighted by atomic mass is 16.4. The van der Waals surface area contributed by atoms with Crippen molar-refractivity contribution in [3.8, 4) is 0 Å². The van der Waals surface area contributed by atoms with E-state index in [1.54, 1.807) is 23.7 Å². The number of aryl methyl sites for hydroxylation is 1. The van der Waals surface area contributed by atoms with Crippen molar-refractivity contribution in [3.05, 3.63) is 95.2 Å². The zero-order valence-electron chi connectivity index (χ0n) is 23.9. The molecule has 2 aliphatic rings. The van der Waals surface area contributed by atoms with Crippen LogP contribution in [0.1, 0.15) is 31.8 Å². The van der Waals surface area contributed by atoms with Crippen LogP contribution < -0.4 is 10.2 Å². The van der Waals surface area contributed by atoms with Crippen LogP contribution in [0.25, 0.3) is 22.2 Å². The lowest BCUT2D eigenvalue weighted by atomic mass is 9.95. The topological polar surface area (TPSA) is 98.1 Å². The van der Waals surface area contributed by atoms with Crippen molar-refractivity contribution in [2.45, 2.75) is 6.92 Å². The predicted molar refractivity (Wildman–Crippen MR) is 165 cm³/mol. The Morgan fingerprint density at radius 1 is 0.905 bits per heavy atom. The second kappa shape index (κ2) is 10.9. The first-order valence-electron chi connectivity index (χ1n) is 14.0. The Labute approximate surface area is 244 Å². The van der Waals surface area contributed by atoms with Crippen LogP contribution in [-0.4, -0.2) is 84.1 Å². The van der Waals surface area contributed by atoms with Crippen LogP contribution in [0.5, 0.6) is 0 Å². The van der Waals surface area contributed by atoms with E-state index in [-0.39, 0.29) is 17.4 Å². The van der Waals surface area contributed by atoms with Gasteiger partial charge in [-0.25, -0.2) is 4.79 Å². The molecular weight excluding hydrogens is 530 g/mol. The highest BCUT2D eigenvalue weighted by Gasteiger charge is 2.35. The number of carbonyl (C=O) groups excluding carboxylic acids is 2. The molecule has 0 bridgehead atoms. The summed E-state index contributed by atoms with van der Waals surface area (Å²) in [5.41, 5.74) is 5.64. The van der Waals surface area contributed by atoms with Crippen LogP contribution >= 0.6 is 0 Å². The Morgan fingerprint density at radius 3 is 2.36 bits per heavy atom. The molecule has 0 radical (unpaired) electrons. The molecule has 0 aliphatic carbocycles. The quantitative estimate of drug-likeness (QED) is 0.334. The van der Waals surface area contributed by atoms with E-state index in [0.29, 0.717) is 34.6 Å². The lowest BCUT2D eigenvalue weighted by Gasteiger charge is -2.31. The maximum atomic E-state index is 13.7. The normalized spacial score (nSPS) is 17.0. The Bertz CT molecular complexity index is 1750. The van der Waals surface area contributed by atoms with Gasteiger partial charge in [-0.15, -0.1) is 0 Å². The maximum absolute atomic E-state index is 13.7. The van der Waals surface area contributed by atoms with Gasteiger partial charge in [-0.05, 0) is 61.5 Å². The lowest BCUT2D eigenvalue weighted by molar-refractivity contribution is -0.112. The van der Waals surface area contributed by atoms with Crippen molar-refractivity contribution in [3.63, 3.8) is 0 Å². The number of fused-ring (bicyclic) bond motifs is 2. The first-order valence-corrected chi connectivity index (χ1v) is 14.0. The van der Waals surface area contributed by atoms with E-state index in [0.717, 1.165) is 48.3 Å². The third-order valence-electron chi connectivity index (χ3n) is 8.19. The zero-order chi connectivity index (χ0) is 29.5. The summed E-state index contributed by atoms with van der Waals surface area (Å²) in [6.45, 7) is 5.86. The second-order valence-electron chi connectivity index (χ2n) is 11.0. The number of piperazine rings is 1. The van der Waals surface area contributed by atoms with Crippen LogP contribution in [0.15, 0.2) is 72.9 Å². The molecule has 3 heterocycles. The van der Waals surface area contributed by atoms with E-state index >= 15 is 0 Å². The van der Waals surface area contributed by atoms with Gasteiger partial charge in [-0.1, -0.05) is 30.3 Å². The van der Waals surface area contributed by atoms with Gasteiger partial charge in [0, 0.05) is 56.1 Å². The number of nitrogens with one attached hydrogen (secondary N) is 1. The minimum absolute atomic E-state index is 0.0368. The molecule has 42 heavy (non-hydrogen) atoms. The Morgan fingerprint density at radius 2 is 1.64 bits per heavy atom. The predicted octanol–water partition coefficient (Wildman–Crippen LogP) is 4.49. The molecular formula is C33H33N5O4. The average molecular weight is 564 g/mol. The number of hydrogen-bond donors (Lipinski definition) is 2. The van der Waals surface area contributed by atoms with E-state index in [9.17, 15) is 19.5 Å². The molecule has 3 aromatic carbocycles.